The van der Waals surface area contributed by atoms with Crippen molar-refractivity contribution in [2.24, 2.45) is 13.0 Å². The molecule has 5 heteroatoms. The van der Waals surface area contributed by atoms with Gasteiger partial charge in [0.1, 0.15) is 5.56 Å². The van der Waals surface area contributed by atoms with Gasteiger partial charge in [-0.2, -0.15) is 5.10 Å². The van der Waals surface area contributed by atoms with E-state index in [0.29, 0.717) is 24.8 Å². The number of nitrogens with zero attached hydrogens (tertiary/aromatic N) is 2. The topological polar surface area (TPSA) is 56.1 Å². The van der Waals surface area contributed by atoms with Crippen molar-refractivity contribution in [3.63, 3.8) is 0 Å². The van der Waals surface area contributed by atoms with Crippen molar-refractivity contribution < 1.29 is 9.53 Å². The van der Waals surface area contributed by atoms with Crippen molar-refractivity contribution in [3.8, 4) is 0 Å². The second kappa shape index (κ2) is 8.82. The van der Waals surface area contributed by atoms with Crippen molar-refractivity contribution in [1.82, 2.24) is 15.1 Å². The first-order valence-electron chi connectivity index (χ1n) is 7.87. The third-order valence-electron chi connectivity index (χ3n) is 3.59. The van der Waals surface area contributed by atoms with Crippen molar-refractivity contribution >= 4 is 5.97 Å². The van der Waals surface area contributed by atoms with Gasteiger partial charge < -0.3 is 10.1 Å². The normalized spacial score (nSPS) is 12.7. The summed E-state index contributed by atoms with van der Waals surface area (Å²) in [6.45, 7) is 9.50. The van der Waals surface area contributed by atoms with Crippen LogP contribution in [0.4, 0.5) is 0 Å². The molecule has 0 spiro atoms. The largest absolute Gasteiger partial charge is 0.462 e. The average molecular weight is 295 g/mol. The molecule has 0 radical (unpaired) electrons. The molecule has 0 aliphatic heterocycles. The highest BCUT2D eigenvalue weighted by Crippen LogP contribution is 2.11. The van der Waals surface area contributed by atoms with Crippen LogP contribution in [0.1, 0.15) is 63.0 Å². The zero-order valence-corrected chi connectivity index (χ0v) is 14.0. The lowest BCUT2D eigenvalue weighted by molar-refractivity contribution is 0.0524. The van der Waals surface area contributed by atoms with Gasteiger partial charge in [-0.05, 0) is 26.2 Å². The van der Waals surface area contributed by atoms with E-state index in [2.05, 4.69) is 31.2 Å². The lowest BCUT2D eigenvalue weighted by Crippen LogP contribution is -2.27. The molecule has 1 aromatic rings. The van der Waals surface area contributed by atoms with Gasteiger partial charge in [0.15, 0.2) is 0 Å². The number of carbonyl (C=O) groups excluding carboxylic acids is 1. The highest BCUT2D eigenvalue weighted by atomic mass is 16.5. The molecular formula is C16H29N3O2. The van der Waals surface area contributed by atoms with Crippen LogP contribution in [0.25, 0.3) is 0 Å². The molecule has 0 fully saturated rings. The number of aromatic nitrogens is 2. The molecule has 1 aromatic heterocycles. The first-order valence-corrected chi connectivity index (χ1v) is 7.87. The summed E-state index contributed by atoms with van der Waals surface area (Å²) in [6.07, 6.45) is 5.21. The average Bonchev–Trinajstić information content (AvgIpc) is 2.77. The van der Waals surface area contributed by atoms with Gasteiger partial charge in [0, 0.05) is 19.6 Å². The SMILES string of the molecule is CCOC(=O)c1cnn(C)c1CNC(C)CCCC(C)C. The van der Waals surface area contributed by atoms with Crippen LogP contribution >= 0.6 is 0 Å². The minimum absolute atomic E-state index is 0.296. The van der Waals surface area contributed by atoms with E-state index in [1.54, 1.807) is 10.9 Å². The minimum atomic E-state index is -0.296. The second-order valence-electron chi connectivity index (χ2n) is 5.96. The maximum Gasteiger partial charge on any atom is 0.341 e. The van der Waals surface area contributed by atoms with Crippen LogP contribution < -0.4 is 5.32 Å². The summed E-state index contributed by atoms with van der Waals surface area (Å²) in [7, 11) is 1.85. The van der Waals surface area contributed by atoms with E-state index in [-0.39, 0.29) is 5.97 Å². The predicted octanol–water partition coefficient (Wildman–Crippen LogP) is 2.90. The highest BCUT2D eigenvalue weighted by molar-refractivity contribution is 5.90. The molecule has 0 aliphatic carbocycles. The van der Waals surface area contributed by atoms with Crippen molar-refractivity contribution in [2.75, 3.05) is 6.61 Å². The summed E-state index contributed by atoms with van der Waals surface area (Å²) in [5.41, 5.74) is 1.44. The maximum absolute atomic E-state index is 11.9. The quantitative estimate of drug-likeness (QED) is 0.712. The highest BCUT2D eigenvalue weighted by Gasteiger charge is 2.17. The Morgan fingerprint density at radius 2 is 2.10 bits per heavy atom. The third-order valence-corrected chi connectivity index (χ3v) is 3.59. The standard InChI is InChI=1S/C16H29N3O2/c1-6-21-16(20)14-10-18-19(5)15(14)11-17-13(4)9-7-8-12(2)3/h10,12-13,17H,6-9,11H2,1-5H3. The monoisotopic (exact) mass is 295 g/mol. The van der Waals surface area contributed by atoms with Crippen LogP contribution in [0.5, 0.6) is 0 Å². The van der Waals surface area contributed by atoms with Crippen LogP contribution in [0.2, 0.25) is 0 Å². The summed E-state index contributed by atoms with van der Waals surface area (Å²) in [6, 6.07) is 0.425. The van der Waals surface area contributed by atoms with Gasteiger partial charge in [-0.1, -0.05) is 26.7 Å². The summed E-state index contributed by atoms with van der Waals surface area (Å²) in [5.74, 6) is 0.458. The molecule has 0 saturated carbocycles. The van der Waals surface area contributed by atoms with Crippen molar-refractivity contribution in [1.29, 1.82) is 0 Å². The molecule has 21 heavy (non-hydrogen) atoms. The lowest BCUT2D eigenvalue weighted by atomic mass is 10.0. The fraction of sp³-hybridized carbons (Fsp3) is 0.750. The van der Waals surface area contributed by atoms with E-state index in [0.717, 1.165) is 18.0 Å². The summed E-state index contributed by atoms with van der Waals surface area (Å²) in [4.78, 5) is 11.9. The van der Waals surface area contributed by atoms with Crippen LogP contribution in [0, 0.1) is 5.92 Å². The second-order valence-corrected chi connectivity index (χ2v) is 5.96. The summed E-state index contributed by atoms with van der Waals surface area (Å²) in [5, 5.41) is 7.63. The number of nitrogens with one attached hydrogen (secondary N) is 1. The Morgan fingerprint density at radius 3 is 2.71 bits per heavy atom. The van der Waals surface area contributed by atoms with Crippen LogP contribution in [0.15, 0.2) is 6.20 Å². The Hall–Kier alpha value is -1.36. The molecule has 0 saturated heterocycles. The van der Waals surface area contributed by atoms with E-state index >= 15 is 0 Å². The zero-order valence-electron chi connectivity index (χ0n) is 14.0. The molecule has 0 amide bonds. The van der Waals surface area contributed by atoms with E-state index in [9.17, 15) is 4.79 Å². The number of hydrogen-bond acceptors (Lipinski definition) is 4. The molecular weight excluding hydrogens is 266 g/mol. The van der Waals surface area contributed by atoms with E-state index in [4.69, 9.17) is 4.74 Å². The fourth-order valence-corrected chi connectivity index (χ4v) is 2.26. The fourth-order valence-electron chi connectivity index (χ4n) is 2.26. The number of aryl methyl sites for hydroxylation is 1. The van der Waals surface area contributed by atoms with Gasteiger partial charge in [-0.15, -0.1) is 0 Å². The molecule has 1 rings (SSSR count). The van der Waals surface area contributed by atoms with Crippen LogP contribution in [-0.2, 0) is 18.3 Å². The molecule has 5 nitrogen and oxygen atoms in total. The van der Waals surface area contributed by atoms with Gasteiger partial charge in [-0.25, -0.2) is 4.79 Å². The lowest BCUT2D eigenvalue weighted by Gasteiger charge is -2.15. The molecule has 0 aliphatic rings. The van der Waals surface area contributed by atoms with Crippen molar-refractivity contribution in [2.45, 2.75) is 59.5 Å². The molecule has 120 valence electrons. The Morgan fingerprint density at radius 1 is 1.38 bits per heavy atom. The Labute approximate surface area is 128 Å². The van der Waals surface area contributed by atoms with E-state index < -0.39 is 0 Å². The van der Waals surface area contributed by atoms with Gasteiger partial charge >= 0.3 is 5.97 Å². The van der Waals surface area contributed by atoms with Crippen LogP contribution in [0.3, 0.4) is 0 Å². The molecule has 1 heterocycles. The molecule has 1 N–H and O–H groups in total. The number of ether oxygens (including phenoxy) is 1. The smallest absolute Gasteiger partial charge is 0.341 e. The van der Waals surface area contributed by atoms with Gasteiger partial charge in [0.25, 0.3) is 0 Å². The maximum atomic E-state index is 11.9. The first kappa shape index (κ1) is 17.7. The van der Waals surface area contributed by atoms with E-state index in [1.165, 1.54) is 12.8 Å². The van der Waals surface area contributed by atoms with E-state index in [1.807, 2.05) is 14.0 Å². The number of rotatable bonds is 9. The predicted molar refractivity (Wildman–Crippen MR) is 84.2 cm³/mol. The summed E-state index contributed by atoms with van der Waals surface area (Å²) < 4.78 is 6.80. The van der Waals surface area contributed by atoms with Crippen LogP contribution in [-0.4, -0.2) is 28.4 Å². The zero-order chi connectivity index (χ0) is 15.8. The number of carbonyl (C=O) groups is 1. The first-order chi connectivity index (χ1) is 9.95. The van der Waals surface area contributed by atoms with Crippen molar-refractivity contribution in [3.05, 3.63) is 17.5 Å². The Kier molecular flexibility index (Phi) is 7.43. The summed E-state index contributed by atoms with van der Waals surface area (Å²) >= 11 is 0. The van der Waals surface area contributed by atoms with Gasteiger partial charge in [0.05, 0.1) is 18.5 Å². The molecule has 0 aromatic carbocycles. The number of esters is 1. The Balaban J connectivity index is 2.51. The third kappa shape index (κ3) is 5.87. The Bertz CT molecular complexity index is 441. The molecule has 1 atom stereocenters. The molecule has 1 unspecified atom stereocenters. The number of hydrogen-bond donors (Lipinski definition) is 1. The minimum Gasteiger partial charge on any atom is -0.462 e. The van der Waals surface area contributed by atoms with Gasteiger partial charge in [-0.3, -0.25) is 4.68 Å². The molecule has 0 bridgehead atoms. The van der Waals surface area contributed by atoms with Gasteiger partial charge in [0.2, 0.25) is 0 Å².